The van der Waals surface area contributed by atoms with Crippen molar-refractivity contribution in [1.29, 1.82) is 0 Å². The number of benzene rings is 3. The topological polar surface area (TPSA) is 58.6 Å². The average molecular weight is 445 g/mol. The Labute approximate surface area is 196 Å². The Morgan fingerprint density at radius 1 is 0.909 bits per heavy atom. The maximum atomic E-state index is 13.1. The van der Waals surface area contributed by atoms with E-state index in [1.165, 1.54) is 0 Å². The molecule has 0 aliphatic carbocycles. The van der Waals surface area contributed by atoms with E-state index in [1.807, 2.05) is 61.5 Å². The summed E-state index contributed by atoms with van der Waals surface area (Å²) in [5.74, 6) is 0.672. The standard InChI is InChI=1S/C28H32N2O3/c1-5-20(3)25-17-10-11-18-26(25)33-21(4)27(31)29-23-14-12-13-22(19-23)28(32)30(6-2)24-15-8-7-9-16-24/h7-21H,5-6H2,1-4H3,(H,29,31). The highest BCUT2D eigenvalue weighted by Crippen LogP contribution is 2.29. The van der Waals surface area contributed by atoms with Crippen molar-refractivity contribution in [3.8, 4) is 5.75 Å². The summed E-state index contributed by atoms with van der Waals surface area (Å²) in [7, 11) is 0. The zero-order chi connectivity index (χ0) is 23.8. The fourth-order valence-corrected chi connectivity index (χ4v) is 3.64. The second-order valence-electron chi connectivity index (χ2n) is 8.06. The van der Waals surface area contributed by atoms with E-state index in [4.69, 9.17) is 4.74 Å². The van der Waals surface area contributed by atoms with Crippen molar-refractivity contribution in [3.63, 3.8) is 0 Å². The lowest BCUT2D eigenvalue weighted by Crippen LogP contribution is -2.31. The Morgan fingerprint density at radius 3 is 2.30 bits per heavy atom. The fourth-order valence-electron chi connectivity index (χ4n) is 3.64. The molecule has 3 aromatic carbocycles. The van der Waals surface area contributed by atoms with Crippen molar-refractivity contribution in [2.75, 3.05) is 16.8 Å². The van der Waals surface area contributed by atoms with Gasteiger partial charge in [0.2, 0.25) is 0 Å². The quantitative estimate of drug-likeness (QED) is 0.423. The third-order valence-electron chi connectivity index (χ3n) is 5.74. The normalized spacial score (nSPS) is 12.5. The van der Waals surface area contributed by atoms with Gasteiger partial charge in [0.1, 0.15) is 5.75 Å². The van der Waals surface area contributed by atoms with E-state index in [0.29, 0.717) is 23.7 Å². The van der Waals surface area contributed by atoms with Crippen LogP contribution in [0.4, 0.5) is 11.4 Å². The van der Waals surface area contributed by atoms with E-state index in [0.717, 1.165) is 23.4 Å². The summed E-state index contributed by atoms with van der Waals surface area (Å²) < 4.78 is 6.01. The van der Waals surface area contributed by atoms with Crippen LogP contribution >= 0.6 is 0 Å². The summed E-state index contributed by atoms with van der Waals surface area (Å²) in [5.41, 5.74) is 2.99. The molecule has 0 radical (unpaired) electrons. The molecule has 0 aliphatic rings. The minimum atomic E-state index is -0.689. The predicted octanol–water partition coefficient (Wildman–Crippen LogP) is 6.27. The lowest BCUT2D eigenvalue weighted by molar-refractivity contribution is -0.122. The van der Waals surface area contributed by atoms with E-state index in [9.17, 15) is 9.59 Å². The van der Waals surface area contributed by atoms with Gasteiger partial charge in [0, 0.05) is 23.5 Å². The maximum absolute atomic E-state index is 13.1. The van der Waals surface area contributed by atoms with Crippen molar-refractivity contribution >= 4 is 23.2 Å². The molecule has 0 aromatic heterocycles. The van der Waals surface area contributed by atoms with Gasteiger partial charge in [0.05, 0.1) is 0 Å². The SMILES string of the molecule is CCC(C)c1ccccc1OC(C)C(=O)Nc1cccc(C(=O)N(CC)c2ccccc2)c1. The van der Waals surface area contributed by atoms with Crippen molar-refractivity contribution in [2.24, 2.45) is 0 Å². The predicted molar refractivity (Wildman–Crippen MR) is 134 cm³/mol. The fraction of sp³-hybridized carbons (Fsp3) is 0.286. The van der Waals surface area contributed by atoms with Gasteiger partial charge < -0.3 is 15.0 Å². The van der Waals surface area contributed by atoms with Gasteiger partial charge in [-0.3, -0.25) is 9.59 Å². The first-order chi connectivity index (χ1) is 15.9. The van der Waals surface area contributed by atoms with Crippen LogP contribution in [0.1, 0.15) is 56.0 Å². The Kier molecular flexibility index (Phi) is 8.25. The molecule has 172 valence electrons. The molecule has 0 fully saturated rings. The number of para-hydroxylation sites is 2. The molecule has 33 heavy (non-hydrogen) atoms. The molecule has 0 bridgehead atoms. The molecule has 0 heterocycles. The highest BCUT2D eigenvalue weighted by atomic mass is 16.5. The number of rotatable bonds is 9. The van der Waals surface area contributed by atoms with Gasteiger partial charge >= 0.3 is 0 Å². The zero-order valence-corrected chi connectivity index (χ0v) is 19.7. The number of hydrogen-bond acceptors (Lipinski definition) is 3. The van der Waals surface area contributed by atoms with E-state index in [1.54, 1.807) is 36.1 Å². The monoisotopic (exact) mass is 444 g/mol. The molecule has 0 saturated heterocycles. The molecule has 5 heteroatoms. The number of amides is 2. The molecule has 5 nitrogen and oxygen atoms in total. The van der Waals surface area contributed by atoms with Crippen LogP contribution in [-0.4, -0.2) is 24.5 Å². The van der Waals surface area contributed by atoms with Gasteiger partial charge in [-0.25, -0.2) is 0 Å². The van der Waals surface area contributed by atoms with E-state index in [-0.39, 0.29) is 11.8 Å². The van der Waals surface area contributed by atoms with Gasteiger partial charge in [-0.05, 0) is 68.1 Å². The van der Waals surface area contributed by atoms with Gasteiger partial charge in [-0.2, -0.15) is 0 Å². The number of ether oxygens (including phenoxy) is 1. The second-order valence-corrected chi connectivity index (χ2v) is 8.06. The maximum Gasteiger partial charge on any atom is 0.265 e. The smallest absolute Gasteiger partial charge is 0.265 e. The highest BCUT2D eigenvalue weighted by Gasteiger charge is 2.20. The van der Waals surface area contributed by atoms with E-state index < -0.39 is 6.10 Å². The minimum Gasteiger partial charge on any atom is -0.481 e. The molecule has 2 amide bonds. The van der Waals surface area contributed by atoms with Crippen LogP contribution in [0.2, 0.25) is 0 Å². The summed E-state index contributed by atoms with van der Waals surface area (Å²) in [6.07, 6.45) is 0.297. The van der Waals surface area contributed by atoms with Gasteiger partial charge in [-0.1, -0.05) is 56.3 Å². The van der Waals surface area contributed by atoms with E-state index >= 15 is 0 Å². The van der Waals surface area contributed by atoms with Gasteiger partial charge in [-0.15, -0.1) is 0 Å². The summed E-state index contributed by atoms with van der Waals surface area (Å²) >= 11 is 0. The Balaban J connectivity index is 1.71. The van der Waals surface area contributed by atoms with Crippen LogP contribution in [0, 0.1) is 0 Å². The van der Waals surface area contributed by atoms with Crippen LogP contribution < -0.4 is 15.0 Å². The molecule has 2 atom stereocenters. The molecule has 0 spiro atoms. The highest BCUT2D eigenvalue weighted by molar-refractivity contribution is 6.07. The zero-order valence-electron chi connectivity index (χ0n) is 19.7. The van der Waals surface area contributed by atoms with Crippen LogP contribution in [0.5, 0.6) is 5.75 Å². The molecule has 0 saturated carbocycles. The molecule has 3 aromatic rings. The van der Waals surface area contributed by atoms with Crippen LogP contribution in [0.15, 0.2) is 78.9 Å². The molecule has 3 rings (SSSR count). The summed E-state index contributed by atoms with van der Waals surface area (Å²) in [5, 5.41) is 2.88. The van der Waals surface area contributed by atoms with Crippen molar-refractivity contribution in [3.05, 3.63) is 90.0 Å². The Hall–Kier alpha value is -3.60. The first kappa shape index (κ1) is 24.1. The number of carbonyl (C=O) groups is 2. The Bertz CT molecular complexity index is 1080. The van der Waals surface area contributed by atoms with Crippen molar-refractivity contribution < 1.29 is 14.3 Å². The molecule has 1 N–H and O–H groups in total. The first-order valence-electron chi connectivity index (χ1n) is 11.5. The van der Waals surface area contributed by atoms with Crippen LogP contribution in [0.25, 0.3) is 0 Å². The van der Waals surface area contributed by atoms with Crippen molar-refractivity contribution in [1.82, 2.24) is 0 Å². The number of nitrogens with zero attached hydrogens (tertiary/aromatic N) is 1. The average Bonchev–Trinajstić information content (AvgIpc) is 2.85. The molecule has 0 aliphatic heterocycles. The van der Waals surface area contributed by atoms with E-state index in [2.05, 4.69) is 19.2 Å². The van der Waals surface area contributed by atoms with Crippen molar-refractivity contribution in [2.45, 2.75) is 46.1 Å². The number of hydrogen-bond donors (Lipinski definition) is 1. The molecular formula is C28H32N2O3. The Morgan fingerprint density at radius 2 is 1.61 bits per heavy atom. The van der Waals surface area contributed by atoms with Gasteiger partial charge in [0.25, 0.3) is 11.8 Å². The largest absolute Gasteiger partial charge is 0.481 e. The number of anilines is 2. The summed E-state index contributed by atoms with van der Waals surface area (Å²) in [6, 6.07) is 24.4. The second kappa shape index (κ2) is 11.3. The molecular weight excluding hydrogens is 412 g/mol. The lowest BCUT2D eigenvalue weighted by Gasteiger charge is -2.22. The first-order valence-corrected chi connectivity index (χ1v) is 11.5. The number of carbonyl (C=O) groups excluding carboxylic acids is 2. The molecule has 2 unspecified atom stereocenters. The summed E-state index contributed by atoms with van der Waals surface area (Å²) in [6.45, 7) is 8.48. The summed E-state index contributed by atoms with van der Waals surface area (Å²) in [4.78, 5) is 27.6. The van der Waals surface area contributed by atoms with Crippen LogP contribution in [0.3, 0.4) is 0 Å². The third kappa shape index (κ3) is 6.01. The van der Waals surface area contributed by atoms with Gasteiger partial charge in [0.15, 0.2) is 6.10 Å². The number of nitrogens with one attached hydrogen (secondary N) is 1. The lowest BCUT2D eigenvalue weighted by atomic mass is 9.98. The third-order valence-corrected chi connectivity index (χ3v) is 5.74. The minimum absolute atomic E-state index is 0.119. The van der Waals surface area contributed by atoms with Crippen LogP contribution in [-0.2, 0) is 4.79 Å².